The van der Waals surface area contributed by atoms with Crippen molar-refractivity contribution in [2.75, 3.05) is 26.4 Å². The lowest BCUT2D eigenvalue weighted by Gasteiger charge is -2.19. The highest BCUT2D eigenvalue weighted by Gasteiger charge is 2.26. The third-order valence-electron chi connectivity index (χ3n) is 10.7. The number of phosphoric acid groups is 1. The minimum Gasteiger partial charge on any atom is -0.462 e. The zero-order valence-electron chi connectivity index (χ0n) is 37.3. The quantitative estimate of drug-likeness (QED) is 0.0266. The molecule has 57 heavy (non-hydrogen) atoms. The highest BCUT2D eigenvalue weighted by molar-refractivity contribution is 7.47. The summed E-state index contributed by atoms with van der Waals surface area (Å²) >= 11 is 0. The number of carbonyl (C=O) groups is 2. The predicted molar refractivity (Wildman–Crippen MR) is 238 cm³/mol. The third-order valence-corrected chi connectivity index (χ3v) is 11.6. The zero-order chi connectivity index (χ0) is 41.8. The zero-order valence-corrected chi connectivity index (χ0v) is 38.2. The molecular weight excluding hydrogens is 737 g/mol. The molecule has 0 aliphatic carbocycles. The molecule has 0 radical (unpaired) electrons. The summed E-state index contributed by atoms with van der Waals surface area (Å²) in [7, 11) is -4.37. The van der Waals surface area contributed by atoms with Gasteiger partial charge in [-0.05, 0) is 38.5 Å². The van der Waals surface area contributed by atoms with Gasteiger partial charge in [0.25, 0.3) is 0 Å². The number of rotatable bonds is 46. The van der Waals surface area contributed by atoms with E-state index in [1.54, 1.807) is 0 Å². The molecule has 0 aromatic carbocycles. The molecule has 0 bridgehead atoms. The summed E-state index contributed by atoms with van der Waals surface area (Å²) in [5.41, 5.74) is 5.36. The Hall–Kier alpha value is -1.25. The number of esters is 2. The van der Waals surface area contributed by atoms with Gasteiger partial charge < -0.3 is 20.1 Å². The first kappa shape index (κ1) is 55.8. The van der Waals surface area contributed by atoms with Crippen LogP contribution in [0.1, 0.15) is 245 Å². The monoisotopic (exact) mass is 830 g/mol. The van der Waals surface area contributed by atoms with Crippen LogP contribution < -0.4 is 5.73 Å². The van der Waals surface area contributed by atoms with Gasteiger partial charge in [0.1, 0.15) is 6.61 Å². The van der Waals surface area contributed by atoms with Gasteiger partial charge in [-0.1, -0.05) is 206 Å². The average Bonchev–Trinajstić information content (AvgIpc) is 3.20. The Kier molecular flexibility index (Phi) is 43.3. The van der Waals surface area contributed by atoms with Crippen molar-refractivity contribution in [2.45, 2.75) is 251 Å². The Morgan fingerprint density at radius 2 is 0.860 bits per heavy atom. The molecule has 0 aromatic rings. The summed E-state index contributed by atoms with van der Waals surface area (Å²) < 4.78 is 32.9. The Balaban J connectivity index is 4.05. The van der Waals surface area contributed by atoms with Crippen LogP contribution in [0, 0.1) is 0 Å². The molecule has 0 fully saturated rings. The van der Waals surface area contributed by atoms with Gasteiger partial charge in [-0.3, -0.25) is 18.6 Å². The van der Waals surface area contributed by atoms with Crippen LogP contribution in [0.4, 0.5) is 0 Å². The Morgan fingerprint density at radius 3 is 1.25 bits per heavy atom. The molecule has 0 saturated heterocycles. The smallest absolute Gasteiger partial charge is 0.462 e. The Labute approximate surface area is 351 Å². The van der Waals surface area contributed by atoms with Gasteiger partial charge in [-0.2, -0.15) is 0 Å². The van der Waals surface area contributed by atoms with Crippen LogP contribution in [-0.4, -0.2) is 49.3 Å². The molecule has 0 aliphatic rings. The van der Waals surface area contributed by atoms with Crippen LogP contribution in [0.5, 0.6) is 0 Å². The summed E-state index contributed by atoms with van der Waals surface area (Å²) in [6.07, 6.45) is 46.7. The number of carbonyl (C=O) groups excluding carboxylic acids is 2. The van der Waals surface area contributed by atoms with Crippen molar-refractivity contribution in [1.82, 2.24) is 0 Å². The van der Waals surface area contributed by atoms with Crippen molar-refractivity contribution in [3.8, 4) is 0 Å². The van der Waals surface area contributed by atoms with Crippen LogP contribution in [0.15, 0.2) is 12.2 Å². The summed E-state index contributed by atoms with van der Waals surface area (Å²) in [5, 5.41) is 0. The van der Waals surface area contributed by atoms with Gasteiger partial charge in [-0.15, -0.1) is 0 Å². The van der Waals surface area contributed by atoms with Crippen molar-refractivity contribution >= 4 is 19.8 Å². The minimum atomic E-state index is -4.37. The molecule has 0 aliphatic heterocycles. The minimum absolute atomic E-state index is 0.0561. The van der Waals surface area contributed by atoms with Gasteiger partial charge >= 0.3 is 19.8 Å². The summed E-state index contributed by atoms with van der Waals surface area (Å²) in [4.78, 5) is 35.0. The highest BCUT2D eigenvalue weighted by atomic mass is 31.2. The first-order chi connectivity index (χ1) is 27.8. The molecule has 3 N–H and O–H groups in total. The van der Waals surface area contributed by atoms with Gasteiger partial charge in [0, 0.05) is 19.4 Å². The van der Waals surface area contributed by atoms with Gasteiger partial charge in [0.2, 0.25) is 0 Å². The van der Waals surface area contributed by atoms with Crippen LogP contribution >= 0.6 is 7.82 Å². The number of ether oxygens (including phenoxy) is 2. The van der Waals surface area contributed by atoms with Crippen LogP contribution in [-0.2, 0) is 32.7 Å². The molecule has 10 heteroatoms. The maximum atomic E-state index is 12.6. The maximum Gasteiger partial charge on any atom is 0.472 e. The molecule has 0 saturated carbocycles. The van der Waals surface area contributed by atoms with E-state index < -0.39 is 26.5 Å². The fraction of sp³-hybridized carbons (Fsp3) is 0.915. The van der Waals surface area contributed by atoms with E-state index in [-0.39, 0.29) is 38.6 Å². The molecular formula is C47H92NO8P. The van der Waals surface area contributed by atoms with Crippen LogP contribution in [0.25, 0.3) is 0 Å². The number of unbranched alkanes of at least 4 members (excludes halogenated alkanes) is 31. The summed E-state index contributed by atoms with van der Waals surface area (Å²) in [6.45, 7) is 3.77. The molecule has 9 nitrogen and oxygen atoms in total. The maximum absolute atomic E-state index is 12.6. The van der Waals surface area contributed by atoms with Gasteiger partial charge in [0.15, 0.2) is 6.10 Å². The molecule has 0 spiro atoms. The Morgan fingerprint density at radius 1 is 0.509 bits per heavy atom. The number of nitrogens with two attached hydrogens (primary N) is 1. The van der Waals surface area contributed by atoms with E-state index in [0.717, 1.165) is 38.5 Å². The number of hydrogen-bond donors (Lipinski definition) is 2. The van der Waals surface area contributed by atoms with Crippen molar-refractivity contribution in [3.05, 3.63) is 12.2 Å². The van der Waals surface area contributed by atoms with Crippen molar-refractivity contribution in [2.24, 2.45) is 5.73 Å². The second kappa shape index (κ2) is 44.3. The lowest BCUT2D eigenvalue weighted by molar-refractivity contribution is -0.161. The molecule has 0 amide bonds. The normalized spacial score (nSPS) is 13.3. The second-order valence-electron chi connectivity index (χ2n) is 16.3. The van der Waals surface area contributed by atoms with Crippen LogP contribution in [0.3, 0.4) is 0 Å². The number of hydrogen-bond acceptors (Lipinski definition) is 8. The van der Waals surface area contributed by atoms with E-state index in [4.69, 9.17) is 24.3 Å². The van der Waals surface area contributed by atoms with Crippen molar-refractivity contribution < 1.29 is 37.6 Å². The number of allylic oxidation sites excluding steroid dienone is 2. The van der Waals surface area contributed by atoms with E-state index in [1.807, 2.05) is 0 Å². The summed E-state index contributed by atoms with van der Waals surface area (Å²) in [6, 6.07) is 0. The van der Waals surface area contributed by atoms with Crippen LogP contribution in [0.2, 0.25) is 0 Å². The second-order valence-corrected chi connectivity index (χ2v) is 17.8. The molecule has 0 aromatic heterocycles. The van der Waals surface area contributed by atoms with Crippen molar-refractivity contribution in [3.63, 3.8) is 0 Å². The van der Waals surface area contributed by atoms with E-state index in [2.05, 4.69) is 26.0 Å². The SMILES string of the molecule is CCCCCCCCC=CCCCCCCCCCCCC(=O)O[C@H](COC(=O)CCCCCCCCCCCCCCCCCCC)COP(=O)(O)OCCN. The highest BCUT2D eigenvalue weighted by Crippen LogP contribution is 2.43. The lowest BCUT2D eigenvalue weighted by atomic mass is 10.0. The van der Waals surface area contributed by atoms with Gasteiger partial charge in [0.05, 0.1) is 13.2 Å². The first-order valence-electron chi connectivity index (χ1n) is 24.2. The average molecular weight is 830 g/mol. The first-order valence-corrected chi connectivity index (χ1v) is 25.7. The van der Waals surface area contributed by atoms with E-state index in [9.17, 15) is 19.0 Å². The van der Waals surface area contributed by atoms with Crippen molar-refractivity contribution in [1.29, 1.82) is 0 Å². The fourth-order valence-corrected chi connectivity index (χ4v) is 7.81. The molecule has 338 valence electrons. The predicted octanol–water partition coefficient (Wildman–Crippen LogP) is 14.2. The standard InChI is InChI=1S/C47H92NO8P/c1-3-5-7-9-11-13-15-17-19-21-22-24-26-28-30-32-34-36-38-40-47(50)56-45(44-55-57(51,52)54-42-41-48)43-53-46(49)39-37-35-33-31-29-27-25-23-20-18-16-14-12-10-8-6-4-2/h17,19,45H,3-16,18,20-44,48H2,1-2H3,(H,51,52)/t45-/m1/s1. The van der Waals surface area contributed by atoms with Gasteiger partial charge in [-0.25, -0.2) is 4.57 Å². The summed E-state index contributed by atoms with van der Waals surface area (Å²) in [5.74, 6) is -0.816. The van der Waals surface area contributed by atoms with E-state index >= 15 is 0 Å². The third kappa shape index (κ3) is 44.1. The molecule has 1 unspecified atom stereocenters. The lowest BCUT2D eigenvalue weighted by Crippen LogP contribution is -2.29. The molecule has 2 atom stereocenters. The molecule has 0 heterocycles. The fourth-order valence-electron chi connectivity index (χ4n) is 7.04. The Bertz CT molecular complexity index is 948. The number of phosphoric ester groups is 1. The van der Waals surface area contributed by atoms with E-state index in [1.165, 1.54) is 173 Å². The topological polar surface area (TPSA) is 134 Å². The largest absolute Gasteiger partial charge is 0.472 e. The molecule has 0 rings (SSSR count). The van der Waals surface area contributed by atoms with E-state index in [0.29, 0.717) is 6.42 Å².